The molecule has 182 valence electrons. The van der Waals surface area contributed by atoms with Crippen molar-refractivity contribution in [2.24, 2.45) is 0 Å². The molecule has 0 radical (unpaired) electrons. The lowest BCUT2D eigenvalue weighted by Crippen LogP contribution is -2.31. The fourth-order valence-corrected chi connectivity index (χ4v) is 5.10. The van der Waals surface area contributed by atoms with Gasteiger partial charge in [0.1, 0.15) is 11.8 Å². The number of carbonyl (C=O) groups excluding carboxylic acids is 1. The summed E-state index contributed by atoms with van der Waals surface area (Å²) in [4.78, 5) is 18.4. The second-order valence-electron chi connectivity index (χ2n) is 8.87. The molecule has 1 atom stereocenters. The van der Waals surface area contributed by atoms with Crippen LogP contribution in [0.1, 0.15) is 35.2 Å². The molecule has 0 aliphatic carbocycles. The van der Waals surface area contributed by atoms with Crippen molar-refractivity contribution < 1.29 is 9.90 Å². The molecule has 0 bridgehead atoms. The van der Waals surface area contributed by atoms with Crippen LogP contribution in [0.15, 0.2) is 89.2 Å². The van der Waals surface area contributed by atoms with Crippen LogP contribution in [0.3, 0.4) is 0 Å². The number of nitrogens with zero attached hydrogens (tertiary/aromatic N) is 3. The number of carbonyl (C=O) groups is 1. The molecule has 0 fully saturated rings. The maximum atomic E-state index is 13.7. The van der Waals surface area contributed by atoms with Gasteiger partial charge in [-0.1, -0.05) is 71.9 Å². The van der Waals surface area contributed by atoms with Gasteiger partial charge in [-0.05, 0) is 55.7 Å². The number of aromatic hydroxyl groups is 1. The van der Waals surface area contributed by atoms with Crippen molar-refractivity contribution in [1.29, 1.82) is 0 Å². The quantitative estimate of drug-likeness (QED) is 0.291. The second-order valence-corrected chi connectivity index (χ2v) is 9.81. The van der Waals surface area contributed by atoms with Gasteiger partial charge in [-0.2, -0.15) is 4.98 Å². The number of fused-ring (bicyclic) bond motifs is 1. The molecule has 8 heteroatoms. The summed E-state index contributed by atoms with van der Waals surface area (Å²) in [6.45, 7) is 5.88. The van der Waals surface area contributed by atoms with Crippen molar-refractivity contribution in [3.05, 3.63) is 106 Å². The SMILES string of the molecule is CC1=C(C(=O)Nc2ccc(C)cc2C)[C@@H](c2ccc(O)cc2)n2nc(SCc3ccccc3)nc2N1. The lowest BCUT2D eigenvalue weighted by Gasteiger charge is -2.28. The number of aryl methyl sites for hydroxylation is 2. The largest absolute Gasteiger partial charge is 0.508 e. The van der Waals surface area contributed by atoms with Gasteiger partial charge in [0, 0.05) is 17.1 Å². The van der Waals surface area contributed by atoms with Gasteiger partial charge in [0.15, 0.2) is 0 Å². The van der Waals surface area contributed by atoms with Crippen molar-refractivity contribution in [2.45, 2.75) is 37.7 Å². The normalized spacial score (nSPS) is 14.8. The maximum absolute atomic E-state index is 13.7. The molecule has 2 heterocycles. The van der Waals surface area contributed by atoms with Crippen molar-refractivity contribution >= 4 is 29.3 Å². The van der Waals surface area contributed by atoms with Crippen LogP contribution in [0.25, 0.3) is 0 Å². The minimum atomic E-state index is -0.508. The molecular weight excluding hydrogens is 470 g/mol. The fourth-order valence-electron chi connectivity index (χ4n) is 4.32. The Morgan fingerprint density at radius 1 is 1.06 bits per heavy atom. The van der Waals surface area contributed by atoms with E-state index in [4.69, 9.17) is 10.1 Å². The third-order valence-electron chi connectivity index (χ3n) is 6.13. The summed E-state index contributed by atoms with van der Waals surface area (Å²) in [5.41, 5.74) is 6.14. The first kappa shape index (κ1) is 23.7. The van der Waals surface area contributed by atoms with E-state index in [9.17, 15) is 9.90 Å². The highest BCUT2D eigenvalue weighted by Gasteiger charge is 2.34. The molecule has 1 aliphatic heterocycles. The first-order chi connectivity index (χ1) is 17.4. The van der Waals surface area contributed by atoms with Crippen LogP contribution in [0, 0.1) is 13.8 Å². The predicted molar refractivity (Wildman–Crippen MR) is 143 cm³/mol. The van der Waals surface area contributed by atoms with Crippen LogP contribution in [-0.2, 0) is 10.5 Å². The number of anilines is 2. The highest BCUT2D eigenvalue weighted by atomic mass is 32.2. The molecule has 3 aromatic carbocycles. The van der Waals surface area contributed by atoms with Crippen LogP contribution in [0.4, 0.5) is 11.6 Å². The lowest BCUT2D eigenvalue weighted by molar-refractivity contribution is -0.113. The van der Waals surface area contributed by atoms with E-state index in [0.29, 0.717) is 22.4 Å². The van der Waals surface area contributed by atoms with E-state index < -0.39 is 6.04 Å². The molecule has 1 aromatic heterocycles. The molecule has 5 rings (SSSR count). The monoisotopic (exact) mass is 497 g/mol. The Hall–Kier alpha value is -4.04. The Labute approximate surface area is 214 Å². The number of thioether (sulfide) groups is 1. The molecule has 0 saturated carbocycles. The molecule has 7 nitrogen and oxygen atoms in total. The highest BCUT2D eigenvalue weighted by molar-refractivity contribution is 7.98. The summed E-state index contributed by atoms with van der Waals surface area (Å²) < 4.78 is 1.75. The van der Waals surface area contributed by atoms with Crippen molar-refractivity contribution in [3.8, 4) is 5.75 Å². The number of hydrogen-bond donors (Lipinski definition) is 3. The molecule has 3 N–H and O–H groups in total. The zero-order chi connectivity index (χ0) is 25.2. The van der Waals surface area contributed by atoms with Crippen molar-refractivity contribution in [1.82, 2.24) is 14.8 Å². The van der Waals surface area contributed by atoms with Gasteiger partial charge in [0.25, 0.3) is 5.91 Å². The third kappa shape index (κ3) is 4.85. The topological polar surface area (TPSA) is 92.1 Å². The summed E-state index contributed by atoms with van der Waals surface area (Å²) in [5, 5.41) is 21.6. The van der Waals surface area contributed by atoms with Gasteiger partial charge >= 0.3 is 0 Å². The lowest BCUT2D eigenvalue weighted by atomic mass is 9.95. The average Bonchev–Trinajstić information content (AvgIpc) is 3.27. The molecular formula is C28H27N5O2S. The Morgan fingerprint density at radius 2 is 1.81 bits per heavy atom. The van der Waals surface area contributed by atoms with Crippen LogP contribution >= 0.6 is 11.8 Å². The smallest absolute Gasteiger partial charge is 0.255 e. The molecule has 1 aliphatic rings. The van der Waals surface area contributed by atoms with Gasteiger partial charge in [-0.15, -0.1) is 5.10 Å². The number of benzene rings is 3. The Kier molecular flexibility index (Phi) is 6.52. The zero-order valence-corrected chi connectivity index (χ0v) is 21.1. The highest BCUT2D eigenvalue weighted by Crippen LogP contribution is 2.37. The first-order valence-corrected chi connectivity index (χ1v) is 12.7. The first-order valence-electron chi connectivity index (χ1n) is 11.7. The summed E-state index contributed by atoms with van der Waals surface area (Å²) in [5.74, 6) is 1.25. The molecule has 4 aromatic rings. The Balaban J connectivity index is 1.50. The second kappa shape index (κ2) is 9.91. The van der Waals surface area contributed by atoms with Crippen LogP contribution < -0.4 is 10.6 Å². The minimum Gasteiger partial charge on any atom is -0.508 e. The molecule has 1 amide bonds. The standard InChI is InChI=1S/C28H27N5O2S/c1-17-9-14-23(18(2)15-17)30-26(35)24-19(3)29-27-31-28(36-16-20-7-5-4-6-8-20)32-33(27)25(24)21-10-12-22(34)13-11-21/h4-15,25,34H,16H2,1-3H3,(H,30,35)(H,29,31,32)/t25-/m1/s1. The molecule has 0 saturated heterocycles. The van der Waals surface area contributed by atoms with E-state index in [1.807, 2.05) is 69.3 Å². The zero-order valence-electron chi connectivity index (χ0n) is 20.3. The van der Waals surface area contributed by atoms with E-state index in [0.717, 1.165) is 28.1 Å². The maximum Gasteiger partial charge on any atom is 0.255 e. The van der Waals surface area contributed by atoms with E-state index in [1.165, 1.54) is 5.56 Å². The van der Waals surface area contributed by atoms with Gasteiger partial charge in [0.05, 0.1) is 5.57 Å². The molecule has 36 heavy (non-hydrogen) atoms. The fraction of sp³-hybridized carbons (Fsp3) is 0.179. The van der Waals surface area contributed by atoms with E-state index in [1.54, 1.807) is 28.6 Å². The predicted octanol–water partition coefficient (Wildman–Crippen LogP) is 5.82. The number of aromatic nitrogens is 3. The van der Waals surface area contributed by atoms with Gasteiger partial charge in [-0.3, -0.25) is 4.79 Å². The minimum absolute atomic E-state index is 0.160. The number of phenols is 1. The number of rotatable bonds is 6. The third-order valence-corrected chi connectivity index (χ3v) is 7.04. The van der Waals surface area contributed by atoms with E-state index in [-0.39, 0.29) is 11.7 Å². The number of hydrogen-bond acceptors (Lipinski definition) is 6. The average molecular weight is 498 g/mol. The molecule has 0 unspecified atom stereocenters. The van der Waals surface area contributed by atoms with Crippen molar-refractivity contribution in [3.63, 3.8) is 0 Å². The molecule has 0 spiro atoms. The van der Waals surface area contributed by atoms with Gasteiger partial charge < -0.3 is 15.7 Å². The number of nitrogens with one attached hydrogen (secondary N) is 2. The van der Waals surface area contributed by atoms with Crippen molar-refractivity contribution in [2.75, 3.05) is 10.6 Å². The summed E-state index contributed by atoms with van der Waals surface area (Å²) in [6, 6.07) is 22.4. The van der Waals surface area contributed by atoms with Crippen LogP contribution in [-0.4, -0.2) is 25.8 Å². The Bertz CT molecular complexity index is 1440. The van der Waals surface area contributed by atoms with Crippen LogP contribution in [0.2, 0.25) is 0 Å². The van der Waals surface area contributed by atoms with E-state index >= 15 is 0 Å². The van der Waals surface area contributed by atoms with Gasteiger partial charge in [0.2, 0.25) is 11.1 Å². The van der Waals surface area contributed by atoms with E-state index in [2.05, 4.69) is 22.8 Å². The number of allylic oxidation sites excluding steroid dienone is 1. The summed E-state index contributed by atoms with van der Waals surface area (Å²) >= 11 is 1.54. The number of phenolic OH excluding ortho intramolecular Hbond substituents is 1. The Morgan fingerprint density at radius 3 is 2.53 bits per heavy atom. The van der Waals surface area contributed by atoms with Gasteiger partial charge in [-0.25, -0.2) is 4.68 Å². The number of amides is 1. The van der Waals surface area contributed by atoms with Crippen LogP contribution in [0.5, 0.6) is 5.75 Å². The summed E-state index contributed by atoms with van der Waals surface area (Å²) in [7, 11) is 0. The summed E-state index contributed by atoms with van der Waals surface area (Å²) in [6.07, 6.45) is 0.